The van der Waals surface area contributed by atoms with Crippen molar-refractivity contribution in [2.45, 2.75) is 6.92 Å². The van der Waals surface area contributed by atoms with Gasteiger partial charge in [0.05, 0.1) is 32.9 Å². The Labute approximate surface area is 169 Å². The highest BCUT2D eigenvalue weighted by Gasteiger charge is 2.14. The number of anilines is 1. The molecule has 0 fully saturated rings. The molecule has 5 nitrogen and oxygen atoms in total. The molecule has 0 aliphatic carbocycles. The SMILES string of the molecule is COc1cc2sc(NC(=S)NC(=O)c3ccc(C)cc3Cl)nc2cc1Cl. The van der Waals surface area contributed by atoms with Crippen LogP contribution in [0.5, 0.6) is 5.75 Å². The second kappa shape index (κ2) is 7.75. The summed E-state index contributed by atoms with van der Waals surface area (Å²) in [5, 5.41) is 7.00. The maximum Gasteiger partial charge on any atom is 0.258 e. The summed E-state index contributed by atoms with van der Waals surface area (Å²) in [6, 6.07) is 8.69. The first-order chi connectivity index (χ1) is 12.4. The number of methoxy groups -OCH3 is 1. The molecule has 3 rings (SSSR count). The molecule has 0 spiro atoms. The van der Waals surface area contributed by atoms with E-state index in [0.717, 1.165) is 10.3 Å². The molecular formula is C17H13Cl2N3O2S2. The summed E-state index contributed by atoms with van der Waals surface area (Å²) >= 11 is 18.8. The molecule has 1 aromatic heterocycles. The van der Waals surface area contributed by atoms with E-state index in [0.29, 0.717) is 32.0 Å². The summed E-state index contributed by atoms with van der Waals surface area (Å²) in [6.07, 6.45) is 0. The van der Waals surface area contributed by atoms with Gasteiger partial charge in [0.25, 0.3) is 5.91 Å². The number of hydrogen-bond acceptors (Lipinski definition) is 5. The third kappa shape index (κ3) is 4.07. The number of benzene rings is 2. The molecule has 0 radical (unpaired) electrons. The van der Waals surface area contributed by atoms with E-state index >= 15 is 0 Å². The van der Waals surface area contributed by atoms with Crippen molar-refractivity contribution in [1.82, 2.24) is 10.3 Å². The molecule has 0 aliphatic rings. The molecule has 0 saturated heterocycles. The van der Waals surface area contributed by atoms with Gasteiger partial charge in [-0.15, -0.1) is 0 Å². The number of aromatic nitrogens is 1. The monoisotopic (exact) mass is 425 g/mol. The van der Waals surface area contributed by atoms with E-state index in [1.807, 2.05) is 13.0 Å². The van der Waals surface area contributed by atoms with Crippen LogP contribution in [-0.2, 0) is 0 Å². The maximum atomic E-state index is 12.3. The smallest absolute Gasteiger partial charge is 0.258 e. The number of thiocarbonyl (C=S) groups is 1. The van der Waals surface area contributed by atoms with Crippen molar-refractivity contribution in [1.29, 1.82) is 0 Å². The predicted octanol–water partition coefficient (Wildman–Crippen LogP) is 5.05. The van der Waals surface area contributed by atoms with E-state index in [9.17, 15) is 4.79 Å². The summed E-state index contributed by atoms with van der Waals surface area (Å²) in [4.78, 5) is 16.7. The highest BCUT2D eigenvalue weighted by molar-refractivity contribution is 7.80. The van der Waals surface area contributed by atoms with Gasteiger partial charge in [-0.05, 0) is 42.9 Å². The summed E-state index contributed by atoms with van der Waals surface area (Å²) in [5.74, 6) is 0.178. The molecule has 2 aromatic carbocycles. The molecule has 2 N–H and O–H groups in total. The van der Waals surface area contributed by atoms with Gasteiger partial charge in [0, 0.05) is 6.07 Å². The van der Waals surface area contributed by atoms with Crippen molar-refractivity contribution in [2.75, 3.05) is 12.4 Å². The quantitative estimate of drug-likeness (QED) is 0.574. The third-order valence-electron chi connectivity index (χ3n) is 3.48. The lowest BCUT2D eigenvalue weighted by atomic mass is 10.1. The van der Waals surface area contributed by atoms with Gasteiger partial charge in [0.2, 0.25) is 0 Å². The number of nitrogens with zero attached hydrogens (tertiary/aromatic N) is 1. The lowest BCUT2D eigenvalue weighted by Gasteiger charge is -2.08. The number of carbonyl (C=O) groups is 1. The average molecular weight is 426 g/mol. The van der Waals surface area contributed by atoms with Gasteiger partial charge in [-0.2, -0.15) is 0 Å². The van der Waals surface area contributed by atoms with E-state index in [4.69, 9.17) is 40.2 Å². The summed E-state index contributed by atoms with van der Waals surface area (Å²) in [5.41, 5.74) is 2.03. The van der Waals surface area contributed by atoms with E-state index in [-0.39, 0.29) is 5.11 Å². The second-order valence-electron chi connectivity index (χ2n) is 5.37. The number of amides is 1. The third-order valence-corrected chi connectivity index (χ3v) is 5.22. The summed E-state index contributed by atoms with van der Waals surface area (Å²) in [6.45, 7) is 1.90. The van der Waals surface area contributed by atoms with Gasteiger partial charge < -0.3 is 10.1 Å². The normalized spacial score (nSPS) is 10.6. The molecule has 9 heteroatoms. The van der Waals surface area contributed by atoms with Crippen LogP contribution in [0.2, 0.25) is 10.0 Å². The molecular weight excluding hydrogens is 413 g/mol. The zero-order chi connectivity index (χ0) is 18.8. The fourth-order valence-electron chi connectivity index (χ4n) is 2.24. The van der Waals surface area contributed by atoms with E-state index in [1.54, 1.807) is 31.4 Å². The number of nitrogens with one attached hydrogen (secondary N) is 2. The minimum absolute atomic E-state index is 0.128. The number of thiazole rings is 1. The Morgan fingerprint density at radius 2 is 2.00 bits per heavy atom. The van der Waals surface area contributed by atoms with Gasteiger partial charge in [-0.25, -0.2) is 4.98 Å². The topological polar surface area (TPSA) is 63.2 Å². The van der Waals surface area contributed by atoms with Gasteiger partial charge in [-0.1, -0.05) is 40.6 Å². The predicted molar refractivity (Wildman–Crippen MR) is 111 cm³/mol. The Kier molecular flexibility index (Phi) is 5.62. The van der Waals surface area contributed by atoms with Crippen molar-refractivity contribution in [3.05, 3.63) is 51.5 Å². The van der Waals surface area contributed by atoms with E-state index in [1.165, 1.54) is 11.3 Å². The van der Waals surface area contributed by atoms with Crippen LogP contribution >= 0.6 is 46.8 Å². The fraction of sp³-hybridized carbons (Fsp3) is 0.118. The van der Waals surface area contributed by atoms with Crippen LogP contribution < -0.4 is 15.4 Å². The molecule has 26 heavy (non-hydrogen) atoms. The Balaban J connectivity index is 1.73. The number of aryl methyl sites for hydroxylation is 1. The first-order valence-electron chi connectivity index (χ1n) is 7.40. The minimum Gasteiger partial charge on any atom is -0.495 e. The van der Waals surface area contributed by atoms with Crippen molar-refractivity contribution < 1.29 is 9.53 Å². The Morgan fingerprint density at radius 3 is 2.69 bits per heavy atom. The van der Waals surface area contributed by atoms with Gasteiger partial charge in [-0.3, -0.25) is 10.1 Å². The summed E-state index contributed by atoms with van der Waals surface area (Å²) < 4.78 is 6.07. The highest BCUT2D eigenvalue weighted by Crippen LogP contribution is 2.34. The van der Waals surface area contributed by atoms with E-state index < -0.39 is 5.91 Å². The van der Waals surface area contributed by atoms with Crippen LogP contribution in [0.4, 0.5) is 5.13 Å². The van der Waals surface area contributed by atoms with Crippen LogP contribution in [0, 0.1) is 6.92 Å². The number of rotatable bonds is 3. The average Bonchev–Trinajstić information content (AvgIpc) is 2.94. The maximum absolute atomic E-state index is 12.3. The lowest BCUT2D eigenvalue weighted by Crippen LogP contribution is -2.34. The number of fused-ring (bicyclic) bond motifs is 1. The lowest BCUT2D eigenvalue weighted by molar-refractivity contribution is 0.0978. The first kappa shape index (κ1) is 18.8. The molecule has 3 aromatic rings. The first-order valence-corrected chi connectivity index (χ1v) is 9.38. The molecule has 0 bridgehead atoms. The molecule has 0 unspecified atom stereocenters. The largest absolute Gasteiger partial charge is 0.495 e. The molecule has 1 heterocycles. The molecule has 1 amide bonds. The minimum atomic E-state index is -0.390. The number of halogens is 2. The number of carbonyl (C=O) groups excluding carboxylic acids is 1. The Morgan fingerprint density at radius 1 is 1.23 bits per heavy atom. The summed E-state index contributed by atoms with van der Waals surface area (Å²) in [7, 11) is 1.55. The molecule has 0 aliphatic heterocycles. The number of ether oxygens (including phenoxy) is 1. The standard InChI is InChI=1S/C17H13Cl2N3O2S2/c1-8-3-4-9(10(18)5-8)15(23)21-16(25)22-17-20-12-6-11(19)13(24-2)7-14(12)26-17/h3-7H,1-2H3,(H2,20,21,22,23,25). The highest BCUT2D eigenvalue weighted by atomic mass is 35.5. The number of hydrogen-bond donors (Lipinski definition) is 2. The van der Waals surface area contributed by atoms with Gasteiger partial charge in [0.1, 0.15) is 5.75 Å². The fourth-order valence-corrected chi connectivity index (χ4v) is 3.93. The zero-order valence-electron chi connectivity index (χ0n) is 13.7. The van der Waals surface area contributed by atoms with Crippen molar-refractivity contribution in [3.8, 4) is 5.75 Å². The Bertz CT molecular complexity index is 1020. The van der Waals surface area contributed by atoms with Crippen LogP contribution in [0.15, 0.2) is 30.3 Å². The van der Waals surface area contributed by atoms with Crippen LogP contribution in [0.1, 0.15) is 15.9 Å². The van der Waals surface area contributed by atoms with Crippen molar-refractivity contribution in [3.63, 3.8) is 0 Å². The van der Waals surface area contributed by atoms with Gasteiger partial charge in [0.15, 0.2) is 10.2 Å². The zero-order valence-corrected chi connectivity index (χ0v) is 16.9. The van der Waals surface area contributed by atoms with Crippen LogP contribution in [0.3, 0.4) is 0 Å². The molecule has 0 saturated carbocycles. The van der Waals surface area contributed by atoms with Gasteiger partial charge >= 0.3 is 0 Å². The molecule has 0 atom stereocenters. The van der Waals surface area contributed by atoms with Crippen molar-refractivity contribution in [2.24, 2.45) is 0 Å². The Hall–Kier alpha value is -1.93. The molecule has 134 valence electrons. The van der Waals surface area contributed by atoms with Crippen LogP contribution in [-0.4, -0.2) is 23.1 Å². The van der Waals surface area contributed by atoms with E-state index in [2.05, 4.69) is 15.6 Å². The second-order valence-corrected chi connectivity index (χ2v) is 7.62. The van der Waals surface area contributed by atoms with Crippen LogP contribution in [0.25, 0.3) is 10.2 Å². The van der Waals surface area contributed by atoms with Crippen molar-refractivity contribution >= 4 is 73.1 Å².